The summed E-state index contributed by atoms with van der Waals surface area (Å²) in [5.41, 5.74) is -1.03. The maximum Gasteiger partial charge on any atom is 0.321 e. The molecule has 0 bridgehead atoms. The largest absolute Gasteiger partial charge is 0.480 e. The highest BCUT2D eigenvalue weighted by Gasteiger charge is 2.34. The number of morpholine rings is 1. The van der Waals surface area contributed by atoms with Gasteiger partial charge in [-0.1, -0.05) is 13.8 Å². The Balaban J connectivity index is 2.73. The molecule has 1 unspecified atom stereocenters. The lowest BCUT2D eigenvalue weighted by atomic mass is 10.1. The average Bonchev–Trinajstić information content (AvgIpc) is 2.26. The van der Waals surface area contributed by atoms with E-state index >= 15 is 0 Å². The fourth-order valence-electron chi connectivity index (χ4n) is 1.47. The van der Waals surface area contributed by atoms with Crippen LogP contribution in [-0.4, -0.2) is 50.7 Å². The molecule has 0 radical (unpaired) electrons. The van der Waals surface area contributed by atoms with Crippen molar-refractivity contribution < 1.29 is 23.1 Å². The van der Waals surface area contributed by atoms with Gasteiger partial charge in [0.1, 0.15) is 6.04 Å². The molecular weight excluding hydrogens is 248 g/mol. The maximum absolute atomic E-state index is 11.9. The van der Waals surface area contributed by atoms with E-state index in [1.807, 2.05) is 0 Å². The molecule has 0 saturated carbocycles. The zero-order chi connectivity index (χ0) is 13.1. The number of ether oxygens (including phenoxy) is 1. The number of aliphatic carboxylic acids is 1. The van der Waals surface area contributed by atoms with E-state index in [0.29, 0.717) is 13.2 Å². The Hall–Kier alpha value is -0.700. The lowest BCUT2D eigenvalue weighted by molar-refractivity contribution is -0.140. The third-order valence-electron chi connectivity index (χ3n) is 2.46. The molecule has 2 atom stereocenters. The van der Waals surface area contributed by atoms with Crippen LogP contribution in [0.1, 0.15) is 13.8 Å². The molecule has 17 heavy (non-hydrogen) atoms. The molecule has 8 heteroatoms. The third kappa shape index (κ3) is 3.91. The molecular formula is C9H18N2O5S. The van der Waals surface area contributed by atoms with E-state index in [0.717, 1.165) is 0 Å². The predicted octanol–water partition coefficient (Wildman–Crippen LogP) is -1.04. The minimum absolute atomic E-state index is 0.166. The van der Waals surface area contributed by atoms with Crippen molar-refractivity contribution in [1.29, 1.82) is 0 Å². The summed E-state index contributed by atoms with van der Waals surface area (Å²) in [6.45, 7) is 4.34. The van der Waals surface area contributed by atoms with Crippen LogP contribution >= 0.6 is 0 Å². The van der Waals surface area contributed by atoms with Crippen molar-refractivity contribution in [2.45, 2.75) is 25.3 Å². The number of nitrogens with one attached hydrogen (secondary N) is 2. The van der Waals surface area contributed by atoms with Gasteiger partial charge in [0.05, 0.1) is 6.61 Å². The van der Waals surface area contributed by atoms with Crippen LogP contribution < -0.4 is 10.0 Å². The number of sulfonamides is 1. The first-order valence-corrected chi connectivity index (χ1v) is 6.95. The Kier molecular flexibility index (Phi) is 4.87. The Bertz CT molecular complexity index is 362. The lowest BCUT2D eigenvalue weighted by Gasteiger charge is -2.26. The summed E-state index contributed by atoms with van der Waals surface area (Å²) in [7, 11) is -3.79. The number of hydrogen-bond acceptors (Lipinski definition) is 5. The van der Waals surface area contributed by atoms with Gasteiger partial charge in [0.25, 0.3) is 0 Å². The van der Waals surface area contributed by atoms with Crippen molar-refractivity contribution in [3.8, 4) is 0 Å². The molecule has 1 fully saturated rings. The van der Waals surface area contributed by atoms with E-state index in [1.165, 1.54) is 0 Å². The minimum atomic E-state index is -3.79. The zero-order valence-corrected chi connectivity index (χ0v) is 10.7. The van der Waals surface area contributed by atoms with E-state index in [2.05, 4.69) is 10.0 Å². The molecule has 0 amide bonds. The second kappa shape index (κ2) is 5.76. The molecule has 1 saturated heterocycles. The van der Waals surface area contributed by atoms with Gasteiger partial charge >= 0.3 is 5.97 Å². The summed E-state index contributed by atoms with van der Waals surface area (Å²) in [4.78, 5) is 10.9. The standard InChI is InChI=1S/C9H18N2O5S/c1-6(2)8(9(12)13)11-17(14,15)7-5-10-3-4-16-7/h6-8,10-11H,3-5H2,1-2H3,(H,12,13)/t7?,8-/m0/s1. The Labute approximate surface area is 101 Å². The van der Waals surface area contributed by atoms with E-state index in [4.69, 9.17) is 9.84 Å². The Morgan fingerprint density at radius 3 is 2.59 bits per heavy atom. The molecule has 7 nitrogen and oxygen atoms in total. The first-order valence-electron chi connectivity index (χ1n) is 5.41. The fourth-order valence-corrected chi connectivity index (χ4v) is 2.96. The summed E-state index contributed by atoms with van der Waals surface area (Å²) in [6.07, 6.45) is 0. The fraction of sp³-hybridized carbons (Fsp3) is 0.889. The molecule has 100 valence electrons. The summed E-state index contributed by atoms with van der Waals surface area (Å²) in [5.74, 6) is -1.52. The van der Waals surface area contributed by atoms with Gasteiger partial charge in [-0.25, -0.2) is 8.42 Å². The smallest absolute Gasteiger partial charge is 0.321 e. The lowest BCUT2D eigenvalue weighted by Crippen LogP contribution is -2.52. The topological polar surface area (TPSA) is 105 Å². The van der Waals surface area contributed by atoms with E-state index in [-0.39, 0.29) is 12.5 Å². The van der Waals surface area contributed by atoms with Crippen LogP contribution in [0, 0.1) is 5.92 Å². The number of hydrogen-bond donors (Lipinski definition) is 3. The minimum Gasteiger partial charge on any atom is -0.480 e. The van der Waals surface area contributed by atoms with Crippen LogP contribution in [0.5, 0.6) is 0 Å². The van der Waals surface area contributed by atoms with Gasteiger partial charge in [-0.15, -0.1) is 0 Å². The quantitative estimate of drug-likeness (QED) is 0.587. The van der Waals surface area contributed by atoms with Crippen molar-refractivity contribution in [2.24, 2.45) is 5.92 Å². The molecule has 1 rings (SSSR count). The summed E-state index contributed by atoms with van der Waals surface area (Å²) >= 11 is 0. The van der Waals surface area contributed by atoms with Crippen LogP contribution in [0.4, 0.5) is 0 Å². The SMILES string of the molecule is CC(C)[C@H](NS(=O)(=O)C1CNCCO1)C(=O)O. The van der Waals surface area contributed by atoms with Crippen LogP contribution in [0.3, 0.4) is 0 Å². The average molecular weight is 266 g/mol. The van der Waals surface area contributed by atoms with Crippen molar-refractivity contribution in [3.63, 3.8) is 0 Å². The van der Waals surface area contributed by atoms with Crippen molar-refractivity contribution >= 4 is 16.0 Å². The zero-order valence-electron chi connectivity index (χ0n) is 9.84. The van der Waals surface area contributed by atoms with Crippen LogP contribution in [0.2, 0.25) is 0 Å². The van der Waals surface area contributed by atoms with Crippen LogP contribution in [0.25, 0.3) is 0 Å². The van der Waals surface area contributed by atoms with E-state index in [1.54, 1.807) is 13.8 Å². The van der Waals surface area contributed by atoms with Gasteiger partial charge in [-0.2, -0.15) is 4.72 Å². The Morgan fingerprint density at radius 2 is 2.18 bits per heavy atom. The molecule has 1 aliphatic heterocycles. The summed E-state index contributed by atoms with van der Waals surface area (Å²) < 4.78 is 31.0. The summed E-state index contributed by atoms with van der Waals surface area (Å²) in [6, 6.07) is -1.13. The second-order valence-corrected chi connectivity index (χ2v) is 6.08. The van der Waals surface area contributed by atoms with Gasteiger partial charge in [-0.05, 0) is 5.92 Å². The van der Waals surface area contributed by atoms with Gasteiger partial charge in [0.15, 0.2) is 5.44 Å². The van der Waals surface area contributed by atoms with Crippen molar-refractivity contribution in [2.75, 3.05) is 19.7 Å². The second-order valence-electron chi connectivity index (χ2n) is 4.23. The molecule has 0 spiro atoms. The normalized spacial score (nSPS) is 23.6. The third-order valence-corrected chi connectivity index (χ3v) is 4.04. The number of carboxylic acids is 1. The molecule has 0 aromatic carbocycles. The van der Waals surface area contributed by atoms with Crippen molar-refractivity contribution in [3.05, 3.63) is 0 Å². The highest BCUT2D eigenvalue weighted by molar-refractivity contribution is 7.90. The first-order chi connectivity index (χ1) is 7.84. The molecule has 3 N–H and O–H groups in total. The molecule has 0 aromatic rings. The maximum atomic E-state index is 11.9. The number of rotatable bonds is 5. The summed E-state index contributed by atoms with van der Waals surface area (Å²) in [5, 5.41) is 11.8. The van der Waals surface area contributed by atoms with Crippen LogP contribution in [-0.2, 0) is 19.6 Å². The molecule has 1 aliphatic rings. The molecule has 0 aliphatic carbocycles. The van der Waals surface area contributed by atoms with Gasteiger partial charge in [0.2, 0.25) is 10.0 Å². The highest BCUT2D eigenvalue weighted by Crippen LogP contribution is 2.09. The molecule has 1 heterocycles. The first kappa shape index (κ1) is 14.4. The Morgan fingerprint density at radius 1 is 1.53 bits per heavy atom. The highest BCUT2D eigenvalue weighted by atomic mass is 32.2. The molecule has 0 aromatic heterocycles. The van der Waals surface area contributed by atoms with E-state index in [9.17, 15) is 13.2 Å². The van der Waals surface area contributed by atoms with Crippen LogP contribution in [0.15, 0.2) is 0 Å². The van der Waals surface area contributed by atoms with E-state index < -0.39 is 27.5 Å². The van der Waals surface area contributed by atoms with Gasteiger partial charge < -0.3 is 15.2 Å². The van der Waals surface area contributed by atoms with Gasteiger partial charge in [-0.3, -0.25) is 4.79 Å². The monoisotopic (exact) mass is 266 g/mol. The predicted molar refractivity (Wildman–Crippen MR) is 60.9 cm³/mol. The number of carbonyl (C=O) groups is 1. The van der Waals surface area contributed by atoms with Gasteiger partial charge in [0, 0.05) is 13.1 Å². The number of carboxylic acid groups (broad SMARTS) is 1. The van der Waals surface area contributed by atoms with Crippen molar-refractivity contribution in [1.82, 2.24) is 10.0 Å².